The van der Waals surface area contributed by atoms with E-state index in [4.69, 9.17) is 0 Å². The van der Waals surface area contributed by atoms with Crippen molar-refractivity contribution < 1.29 is 13.5 Å². The molecule has 0 aliphatic heterocycles. The Morgan fingerprint density at radius 2 is 2.00 bits per heavy atom. The Hall–Kier alpha value is -0.130. The van der Waals surface area contributed by atoms with Crippen LogP contribution in [0.2, 0.25) is 0 Å². The number of unbranched alkanes of at least 4 members (excludes halogenated alkanes) is 1. The lowest BCUT2D eigenvalue weighted by atomic mass is 9.93. The van der Waals surface area contributed by atoms with Gasteiger partial charge in [-0.1, -0.05) is 26.2 Å². The highest BCUT2D eigenvalue weighted by Crippen LogP contribution is 2.19. The van der Waals surface area contributed by atoms with Crippen molar-refractivity contribution in [2.75, 3.05) is 5.75 Å². The fourth-order valence-corrected chi connectivity index (χ4v) is 3.40. The van der Waals surface area contributed by atoms with E-state index in [2.05, 4.69) is 4.72 Å². The van der Waals surface area contributed by atoms with Crippen molar-refractivity contribution in [2.24, 2.45) is 0 Å². The minimum atomic E-state index is -3.19. The van der Waals surface area contributed by atoms with E-state index in [-0.39, 0.29) is 11.8 Å². The fourth-order valence-electron chi connectivity index (χ4n) is 1.87. The zero-order valence-corrected chi connectivity index (χ0v) is 10.1. The third kappa shape index (κ3) is 4.49. The Bertz CT molecular complexity index is 276. The monoisotopic (exact) mass is 235 g/mol. The lowest BCUT2D eigenvalue weighted by Gasteiger charge is -2.28. The standard InChI is InChI=1S/C10H21NO3S/c1-2-3-8-15(13,14)11-9-6-4-5-7-10(9)12/h9-12H,2-8H2,1H3/t9-,10-/m0/s1. The van der Waals surface area contributed by atoms with Crippen molar-refractivity contribution in [3.8, 4) is 0 Å². The molecule has 0 aromatic rings. The summed E-state index contributed by atoms with van der Waals surface area (Å²) in [4.78, 5) is 0. The maximum Gasteiger partial charge on any atom is 0.211 e. The first-order valence-electron chi connectivity index (χ1n) is 5.73. The number of aliphatic hydroxyl groups is 1. The first-order chi connectivity index (χ1) is 7.05. The van der Waals surface area contributed by atoms with Crippen molar-refractivity contribution >= 4 is 10.0 Å². The minimum Gasteiger partial charge on any atom is -0.391 e. The highest BCUT2D eigenvalue weighted by molar-refractivity contribution is 7.89. The Morgan fingerprint density at radius 1 is 1.33 bits per heavy atom. The Balaban J connectivity index is 2.44. The van der Waals surface area contributed by atoms with Gasteiger partial charge in [-0.2, -0.15) is 0 Å². The first kappa shape index (κ1) is 12.9. The third-order valence-electron chi connectivity index (χ3n) is 2.83. The van der Waals surface area contributed by atoms with Gasteiger partial charge in [0.15, 0.2) is 0 Å². The van der Waals surface area contributed by atoms with Crippen molar-refractivity contribution in [3.63, 3.8) is 0 Å². The third-order valence-corrected chi connectivity index (χ3v) is 4.32. The van der Waals surface area contributed by atoms with Gasteiger partial charge in [-0.25, -0.2) is 13.1 Å². The van der Waals surface area contributed by atoms with Gasteiger partial charge in [0.1, 0.15) is 0 Å². The molecule has 0 amide bonds. The van der Waals surface area contributed by atoms with Crippen LogP contribution >= 0.6 is 0 Å². The molecule has 1 aliphatic carbocycles. The molecule has 0 unspecified atom stereocenters. The predicted molar refractivity (Wildman–Crippen MR) is 60.1 cm³/mol. The molecule has 0 heterocycles. The topological polar surface area (TPSA) is 66.4 Å². The summed E-state index contributed by atoms with van der Waals surface area (Å²) >= 11 is 0. The smallest absolute Gasteiger partial charge is 0.211 e. The van der Waals surface area contributed by atoms with E-state index in [1.165, 1.54) is 0 Å². The van der Waals surface area contributed by atoms with Crippen molar-refractivity contribution in [3.05, 3.63) is 0 Å². The summed E-state index contributed by atoms with van der Waals surface area (Å²) in [6.07, 6.45) is 4.50. The number of sulfonamides is 1. The summed E-state index contributed by atoms with van der Waals surface area (Å²) < 4.78 is 25.8. The zero-order valence-electron chi connectivity index (χ0n) is 9.28. The molecule has 1 rings (SSSR count). The van der Waals surface area contributed by atoms with Crippen LogP contribution in [0, 0.1) is 0 Å². The van der Waals surface area contributed by atoms with Crippen LogP contribution in [0.25, 0.3) is 0 Å². The summed E-state index contributed by atoms with van der Waals surface area (Å²) in [5.74, 6) is 0.173. The van der Waals surface area contributed by atoms with Crippen LogP contribution in [0.5, 0.6) is 0 Å². The normalized spacial score (nSPS) is 27.9. The molecule has 1 aliphatic rings. The largest absolute Gasteiger partial charge is 0.391 e. The van der Waals surface area contributed by atoms with Crippen molar-refractivity contribution in [2.45, 2.75) is 57.6 Å². The maximum atomic E-state index is 11.6. The summed E-state index contributed by atoms with van der Waals surface area (Å²) in [5, 5.41) is 9.63. The van der Waals surface area contributed by atoms with E-state index in [0.29, 0.717) is 12.8 Å². The molecule has 0 spiro atoms. The van der Waals surface area contributed by atoms with Gasteiger partial charge in [-0.3, -0.25) is 0 Å². The SMILES string of the molecule is CCCCS(=O)(=O)N[C@H]1CCCC[C@@H]1O. The van der Waals surface area contributed by atoms with Crippen LogP contribution in [0.4, 0.5) is 0 Å². The molecule has 0 bridgehead atoms. The zero-order chi connectivity index (χ0) is 11.3. The van der Waals surface area contributed by atoms with Gasteiger partial charge < -0.3 is 5.11 Å². The van der Waals surface area contributed by atoms with Crippen LogP contribution in [-0.2, 0) is 10.0 Å². The van der Waals surface area contributed by atoms with Crippen LogP contribution in [0.15, 0.2) is 0 Å². The lowest BCUT2D eigenvalue weighted by Crippen LogP contribution is -2.45. The van der Waals surface area contributed by atoms with E-state index in [1.807, 2.05) is 6.92 Å². The highest BCUT2D eigenvalue weighted by Gasteiger charge is 2.26. The van der Waals surface area contributed by atoms with E-state index in [0.717, 1.165) is 25.7 Å². The molecule has 4 nitrogen and oxygen atoms in total. The summed E-state index contributed by atoms with van der Waals surface area (Å²) in [7, 11) is -3.19. The molecule has 0 radical (unpaired) electrons. The average Bonchev–Trinajstić information content (AvgIpc) is 2.18. The van der Waals surface area contributed by atoms with Gasteiger partial charge in [-0.05, 0) is 19.3 Å². The molecule has 15 heavy (non-hydrogen) atoms. The number of nitrogens with one attached hydrogen (secondary N) is 1. The van der Waals surface area contributed by atoms with Crippen molar-refractivity contribution in [1.82, 2.24) is 4.72 Å². The van der Waals surface area contributed by atoms with Crippen LogP contribution in [-0.4, -0.2) is 31.4 Å². The summed E-state index contributed by atoms with van der Waals surface area (Å²) in [6, 6.07) is -0.263. The van der Waals surface area contributed by atoms with E-state index in [9.17, 15) is 13.5 Å². The molecule has 0 aromatic heterocycles. The second kappa shape index (κ2) is 5.82. The van der Waals surface area contributed by atoms with Crippen LogP contribution < -0.4 is 4.72 Å². The van der Waals surface area contributed by atoms with Gasteiger partial charge >= 0.3 is 0 Å². The van der Waals surface area contributed by atoms with Crippen LogP contribution in [0.3, 0.4) is 0 Å². The molecule has 1 saturated carbocycles. The quantitative estimate of drug-likeness (QED) is 0.747. The molecule has 0 saturated heterocycles. The predicted octanol–water partition coefficient (Wildman–Crippen LogP) is 1.01. The van der Waals surface area contributed by atoms with Gasteiger partial charge in [0, 0.05) is 6.04 Å². The number of hydrogen-bond acceptors (Lipinski definition) is 3. The van der Waals surface area contributed by atoms with E-state index < -0.39 is 16.1 Å². The Labute approximate surface area is 92.1 Å². The Kier molecular flexibility index (Phi) is 5.02. The molecule has 2 N–H and O–H groups in total. The Morgan fingerprint density at radius 3 is 2.60 bits per heavy atom. The second-order valence-electron chi connectivity index (χ2n) is 4.25. The fraction of sp³-hybridized carbons (Fsp3) is 1.00. The van der Waals surface area contributed by atoms with Crippen molar-refractivity contribution in [1.29, 1.82) is 0 Å². The maximum absolute atomic E-state index is 11.6. The van der Waals surface area contributed by atoms with Gasteiger partial charge in [-0.15, -0.1) is 0 Å². The number of aliphatic hydroxyl groups excluding tert-OH is 1. The lowest BCUT2D eigenvalue weighted by molar-refractivity contribution is 0.101. The van der Waals surface area contributed by atoms with Crippen LogP contribution in [0.1, 0.15) is 45.4 Å². The molecule has 5 heteroatoms. The molecule has 0 aromatic carbocycles. The summed E-state index contributed by atoms with van der Waals surface area (Å²) in [6.45, 7) is 1.96. The molecular formula is C10H21NO3S. The second-order valence-corrected chi connectivity index (χ2v) is 6.12. The van der Waals surface area contributed by atoms with Gasteiger partial charge in [0.2, 0.25) is 10.0 Å². The van der Waals surface area contributed by atoms with E-state index >= 15 is 0 Å². The molecular weight excluding hydrogens is 214 g/mol. The number of rotatable bonds is 5. The molecule has 2 atom stereocenters. The number of hydrogen-bond donors (Lipinski definition) is 2. The average molecular weight is 235 g/mol. The summed E-state index contributed by atoms with van der Waals surface area (Å²) in [5.41, 5.74) is 0. The van der Waals surface area contributed by atoms with E-state index in [1.54, 1.807) is 0 Å². The van der Waals surface area contributed by atoms with Gasteiger partial charge in [0.05, 0.1) is 11.9 Å². The minimum absolute atomic E-state index is 0.173. The first-order valence-corrected chi connectivity index (χ1v) is 7.38. The van der Waals surface area contributed by atoms with Gasteiger partial charge in [0.25, 0.3) is 0 Å². The molecule has 90 valence electrons. The highest BCUT2D eigenvalue weighted by atomic mass is 32.2. The molecule has 1 fully saturated rings.